The molecule has 1 unspecified atom stereocenters. The first-order valence-electron chi connectivity index (χ1n) is 9.20. The molecule has 0 aliphatic rings. The standard InChI is InChI=1S/C22H14AsCl2F3O5/c24-11-1-3-13(16(25)9-11)21(29)23-15-4-2-12(10-14(15)22(30)31)32-7-8-33-20-18(27)6-5-17(26)19(20)28/h1-6,9-10,23H,7-8H2,(H,30,31). The molecular formula is C22H14AsCl2F3O5. The summed E-state index contributed by atoms with van der Waals surface area (Å²) in [5.74, 6) is -5.77. The first-order valence-corrected chi connectivity index (χ1v) is 12.1. The van der Waals surface area contributed by atoms with E-state index < -0.39 is 44.9 Å². The van der Waals surface area contributed by atoms with Gasteiger partial charge in [-0.25, -0.2) is 0 Å². The molecule has 3 aromatic rings. The number of hydrogen-bond acceptors (Lipinski definition) is 4. The Labute approximate surface area is 202 Å². The number of aromatic carboxylic acids is 1. The molecule has 0 aliphatic carbocycles. The topological polar surface area (TPSA) is 72.8 Å². The third-order valence-corrected chi connectivity index (χ3v) is 7.31. The van der Waals surface area contributed by atoms with Gasteiger partial charge in [-0.1, -0.05) is 0 Å². The summed E-state index contributed by atoms with van der Waals surface area (Å²) in [7, 11) is 0. The Morgan fingerprint density at radius 3 is 2.27 bits per heavy atom. The van der Waals surface area contributed by atoms with Gasteiger partial charge < -0.3 is 0 Å². The zero-order chi connectivity index (χ0) is 24.1. The number of hydrogen-bond donors (Lipinski definition) is 1. The molecule has 0 amide bonds. The molecule has 0 fully saturated rings. The molecule has 0 saturated heterocycles. The third kappa shape index (κ3) is 6.22. The van der Waals surface area contributed by atoms with Crippen LogP contribution in [0.5, 0.6) is 11.5 Å². The molecule has 0 aliphatic heterocycles. The van der Waals surface area contributed by atoms with E-state index in [0.29, 0.717) is 15.4 Å². The maximum absolute atomic E-state index is 13.6. The maximum atomic E-state index is 13.6. The number of ether oxygens (including phenoxy) is 2. The second kappa shape index (κ2) is 11.0. The molecule has 0 heterocycles. The second-order valence-corrected chi connectivity index (χ2v) is 9.91. The van der Waals surface area contributed by atoms with Crippen LogP contribution in [0.3, 0.4) is 0 Å². The fraction of sp³-hybridized carbons (Fsp3) is 0.0909. The SMILES string of the molecule is O=C([AsH]c1ccc(OCCOc2c(F)ccc(F)c2F)cc1C(=O)O)c1ccc(Cl)cc1Cl. The zero-order valence-electron chi connectivity index (χ0n) is 16.5. The van der Waals surface area contributed by atoms with Crippen LogP contribution in [0.15, 0.2) is 48.5 Å². The number of rotatable bonds is 9. The Balaban J connectivity index is 1.67. The molecule has 5 nitrogen and oxygen atoms in total. The summed E-state index contributed by atoms with van der Waals surface area (Å²) in [6.45, 7) is -0.535. The van der Waals surface area contributed by atoms with Gasteiger partial charge in [-0.3, -0.25) is 0 Å². The van der Waals surface area contributed by atoms with Gasteiger partial charge in [-0.2, -0.15) is 0 Å². The first kappa shape index (κ1) is 25.0. The van der Waals surface area contributed by atoms with Gasteiger partial charge in [0.1, 0.15) is 0 Å². The molecule has 172 valence electrons. The summed E-state index contributed by atoms with van der Waals surface area (Å²) in [6, 6.07) is 9.97. The minimum absolute atomic E-state index is 0.117. The Bertz CT molecular complexity index is 1220. The molecule has 3 rings (SSSR count). The van der Waals surface area contributed by atoms with Crippen molar-refractivity contribution in [3.63, 3.8) is 0 Å². The number of carbonyl (C=O) groups excluding carboxylic acids is 1. The van der Waals surface area contributed by atoms with Crippen LogP contribution in [0.2, 0.25) is 10.0 Å². The Morgan fingerprint density at radius 1 is 0.879 bits per heavy atom. The first-order chi connectivity index (χ1) is 15.7. The van der Waals surface area contributed by atoms with Gasteiger partial charge in [0.25, 0.3) is 0 Å². The molecule has 0 spiro atoms. The fourth-order valence-corrected chi connectivity index (χ4v) is 5.63. The van der Waals surface area contributed by atoms with E-state index in [1.54, 1.807) is 0 Å². The second-order valence-electron chi connectivity index (χ2n) is 6.46. The van der Waals surface area contributed by atoms with Crippen LogP contribution < -0.4 is 13.8 Å². The quantitative estimate of drug-likeness (QED) is 0.237. The van der Waals surface area contributed by atoms with E-state index in [0.717, 1.165) is 6.07 Å². The average Bonchev–Trinajstić information content (AvgIpc) is 2.76. The molecular weight excluding hydrogens is 547 g/mol. The molecule has 0 saturated carbocycles. The van der Waals surface area contributed by atoms with Crippen molar-refractivity contribution in [1.82, 2.24) is 0 Å². The average molecular weight is 561 g/mol. The van der Waals surface area contributed by atoms with Crippen molar-refractivity contribution in [2.45, 2.75) is 0 Å². The van der Waals surface area contributed by atoms with Crippen molar-refractivity contribution in [2.24, 2.45) is 0 Å². The third-order valence-electron chi connectivity index (χ3n) is 4.25. The van der Waals surface area contributed by atoms with Gasteiger partial charge in [0.15, 0.2) is 0 Å². The summed E-state index contributed by atoms with van der Waals surface area (Å²) in [4.78, 5) is 24.3. The van der Waals surface area contributed by atoms with E-state index in [-0.39, 0.29) is 39.7 Å². The van der Waals surface area contributed by atoms with Gasteiger partial charge >= 0.3 is 203 Å². The molecule has 3 aromatic carbocycles. The van der Waals surface area contributed by atoms with E-state index in [1.807, 2.05) is 0 Å². The van der Waals surface area contributed by atoms with E-state index in [1.165, 1.54) is 36.4 Å². The number of carboxylic acid groups (broad SMARTS) is 1. The number of benzene rings is 3. The van der Waals surface area contributed by atoms with Crippen molar-refractivity contribution in [3.05, 3.63) is 87.2 Å². The molecule has 1 N–H and O–H groups in total. The van der Waals surface area contributed by atoms with Crippen molar-refractivity contribution < 1.29 is 37.3 Å². The van der Waals surface area contributed by atoms with Crippen molar-refractivity contribution >= 4 is 53.8 Å². The summed E-state index contributed by atoms with van der Waals surface area (Å²) in [6.07, 6.45) is 0. The van der Waals surface area contributed by atoms with E-state index >= 15 is 0 Å². The van der Waals surface area contributed by atoms with Crippen LogP contribution in [0.25, 0.3) is 0 Å². The molecule has 0 bridgehead atoms. The number of halogens is 5. The van der Waals surface area contributed by atoms with Gasteiger partial charge in [0.05, 0.1) is 0 Å². The number of carboxylic acids is 1. The minimum atomic E-state index is -1.58. The Hall–Kier alpha value is -2.67. The number of carbonyl (C=O) groups is 2. The van der Waals surface area contributed by atoms with Gasteiger partial charge in [-0.15, -0.1) is 0 Å². The van der Waals surface area contributed by atoms with Crippen LogP contribution in [0.4, 0.5) is 13.2 Å². The van der Waals surface area contributed by atoms with E-state index in [2.05, 4.69) is 0 Å². The van der Waals surface area contributed by atoms with Gasteiger partial charge in [-0.05, 0) is 0 Å². The van der Waals surface area contributed by atoms with E-state index in [9.17, 15) is 27.9 Å². The summed E-state index contributed by atoms with van der Waals surface area (Å²) in [5, 5.41) is 10.1. The van der Waals surface area contributed by atoms with Crippen molar-refractivity contribution in [1.29, 1.82) is 0 Å². The Morgan fingerprint density at radius 2 is 1.58 bits per heavy atom. The molecule has 33 heavy (non-hydrogen) atoms. The van der Waals surface area contributed by atoms with Crippen LogP contribution in [-0.2, 0) is 0 Å². The van der Waals surface area contributed by atoms with Crippen LogP contribution in [0.1, 0.15) is 20.7 Å². The summed E-state index contributed by atoms with van der Waals surface area (Å²) < 4.78 is 50.7. The predicted octanol–water partition coefficient (Wildman–Crippen LogP) is 4.47. The summed E-state index contributed by atoms with van der Waals surface area (Å²) in [5.41, 5.74) is 0.140. The molecule has 0 radical (unpaired) electrons. The fourth-order valence-electron chi connectivity index (χ4n) is 2.71. The van der Waals surface area contributed by atoms with Crippen LogP contribution in [0, 0.1) is 17.5 Å². The zero-order valence-corrected chi connectivity index (χ0v) is 20.1. The van der Waals surface area contributed by atoms with E-state index in [4.69, 9.17) is 32.7 Å². The predicted molar refractivity (Wildman–Crippen MR) is 118 cm³/mol. The Kier molecular flexibility index (Phi) is 8.29. The van der Waals surface area contributed by atoms with Crippen molar-refractivity contribution in [3.8, 4) is 11.5 Å². The summed E-state index contributed by atoms with van der Waals surface area (Å²) >= 11 is 10.3. The monoisotopic (exact) mass is 560 g/mol. The molecule has 0 aromatic heterocycles. The van der Waals surface area contributed by atoms with Crippen molar-refractivity contribution in [2.75, 3.05) is 13.2 Å². The molecule has 1 atom stereocenters. The van der Waals surface area contributed by atoms with Gasteiger partial charge in [0.2, 0.25) is 0 Å². The van der Waals surface area contributed by atoms with Crippen LogP contribution >= 0.6 is 23.2 Å². The van der Waals surface area contributed by atoms with Crippen LogP contribution in [-0.4, -0.2) is 44.6 Å². The van der Waals surface area contributed by atoms with Gasteiger partial charge in [0, 0.05) is 0 Å². The normalized spacial score (nSPS) is 11.1. The molecule has 11 heteroatoms.